The Morgan fingerprint density at radius 3 is 2.70 bits per heavy atom. The third kappa shape index (κ3) is 3.18. The van der Waals surface area contributed by atoms with Crippen molar-refractivity contribution in [1.29, 1.82) is 0 Å². The number of methoxy groups -OCH3 is 1. The summed E-state index contributed by atoms with van der Waals surface area (Å²) in [6, 6.07) is 9.58. The molecule has 8 heteroatoms. The summed E-state index contributed by atoms with van der Waals surface area (Å²) < 4.78 is 11.8. The lowest BCUT2D eigenvalue weighted by Crippen LogP contribution is -2.22. The fraction of sp³-hybridized carbons (Fsp3) is 0.105. The zero-order valence-electron chi connectivity index (χ0n) is 14.0. The molecule has 0 saturated heterocycles. The SMILES string of the molecule is COc1ccc2c(Cn3cnc4c(Cl)cc(Cl)cc4c3=O)cc(=O)oc2c1. The Labute approximate surface area is 162 Å². The van der Waals surface area contributed by atoms with Crippen molar-refractivity contribution in [3.63, 3.8) is 0 Å². The first-order valence-electron chi connectivity index (χ1n) is 7.91. The maximum Gasteiger partial charge on any atom is 0.336 e. The number of benzene rings is 2. The fourth-order valence-electron chi connectivity index (χ4n) is 2.96. The highest BCUT2D eigenvalue weighted by molar-refractivity contribution is 6.38. The maximum atomic E-state index is 12.8. The summed E-state index contributed by atoms with van der Waals surface area (Å²) in [5.41, 5.74) is 0.562. The van der Waals surface area contributed by atoms with Crippen LogP contribution in [0.15, 0.2) is 56.7 Å². The predicted molar refractivity (Wildman–Crippen MR) is 104 cm³/mol. The Bertz CT molecular complexity index is 1310. The molecule has 0 N–H and O–H groups in total. The highest BCUT2D eigenvalue weighted by Gasteiger charge is 2.12. The third-order valence-corrected chi connectivity index (χ3v) is 4.73. The van der Waals surface area contributed by atoms with Gasteiger partial charge >= 0.3 is 5.63 Å². The average molecular weight is 403 g/mol. The number of fused-ring (bicyclic) bond motifs is 2. The summed E-state index contributed by atoms with van der Waals surface area (Å²) in [7, 11) is 1.53. The Morgan fingerprint density at radius 2 is 1.93 bits per heavy atom. The van der Waals surface area contributed by atoms with Crippen LogP contribution in [0.4, 0.5) is 0 Å². The van der Waals surface area contributed by atoms with Gasteiger partial charge in [0.2, 0.25) is 0 Å². The molecule has 0 radical (unpaired) electrons. The quantitative estimate of drug-likeness (QED) is 0.486. The van der Waals surface area contributed by atoms with Crippen LogP contribution in [0.25, 0.3) is 21.9 Å². The first-order chi connectivity index (χ1) is 13.0. The van der Waals surface area contributed by atoms with Crippen molar-refractivity contribution >= 4 is 45.1 Å². The number of hydrogen-bond acceptors (Lipinski definition) is 5. The third-order valence-electron chi connectivity index (χ3n) is 4.22. The molecule has 0 aliphatic carbocycles. The summed E-state index contributed by atoms with van der Waals surface area (Å²) in [4.78, 5) is 29.0. The van der Waals surface area contributed by atoms with Crippen molar-refractivity contribution in [1.82, 2.24) is 9.55 Å². The first kappa shape index (κ1) is 17.6. The monoisotopic (exact) mass is 402 g/mol. The van der Waals surface area contributed by atoms with Crippen LogP contribution in [0.2, 0.25) is 10.0 Å². The molecule has 0 unspecified atom stereocenters. The van der Waals surface area contributed by atoms with Crippen molar-refractivity contribution in [2.24, 2.45) is 0 Å². The van der Waals surface area contributed by atoms with Crippen molar-refractivity contribution in [3.8, 4) is 5.75 Å². The van der Waals surface area contributed by atoms with E-state index in [0.717, 1.165) is 0 Å². The average Bonchev–Trinajstić information content (AvgIpc) is 2.63. The number of rotatable bonds is 3. The van der Waals surface area contributed by atoms with E-state index in [2.05, 4.69) is 4.98 Å². The Balaban J connectivity index is 1.89. The topological polar surface area (TPSA) is 74.3 Å². The van der Waals surface area contributed by atoms with Gasteiger partial charge in [-0.2, -0.15) is 0 Å². The molecular weight excluding hydrogens is 391 g/mol. The Morgan fingerprint density at radius 1 is 1.11 bits per heavy atom. The first-order valence-corrected chi connectivity index (χ1v) is 8.67. The van der Waals surface area contributed by atoms with Crippen molar-refractivity contribution in [2.45, 2.75) is 6.54 Å². The van der Waals surface area contributed by atoms with Crippen LogP contribution in [0, 0.1) is 0 Å². The predicted octanol–water partition coefficient (Wildman–Crippen LogP) is 3.87. The van der Waals surface area contributed by atoms with Crippen LogP contribution in [-0.2, 0) is 6.54 Å². The number of nitrogens with zero attached hydrogens (tertiary/aromatic N) is 2. The van der Waals surface area contributed by atoms with Crippen LogP contribution in [0.3, 0.4) is 0 Å². The molecule has 0 amide bonds. The summed E-state index contributed by atoms with van der Waals surface area (Å²) in [6.07, 6.45) is 1.40. The van der Waals surface area contributed by atoms with Gasteiger partial charge in [-0.1, -0.05) is 23.2 Å². The Hall–Kier alpha value is -2.83. The molecule has 0 bridgehead atoms. The molecule has 6 nitrogen and oxygen atoms in total. The molecular formula is C19H12Cl2N2O4. The van der Waals surface area contributed by atoms with E-state index in [1.165, 1.54) is 36.2 Å². The second-order valence-corrected chi connectivity index (χ2v) is 6.76. The second-order valence-electron chi connectivity index (χ2n) is 5.91. The molecule has 2 heterocycles. The largest absolute Gasteiger partial charge is 0.497 e. The number of hydrogen-bond donors (Lipinski definition) is 0. The van der Waals surface area contributed by atoms with Gasteiger partial charge in [0.1, 0.15) is 11.3 Å². The van der Waals surface area contributed by atoms with Gasteiger partial charge in [-0.3, -0.25) is 9.36 Å². The van der Waals surface area contributed by atoms with E-state index in [9.17, 15) is 9.59 Å². The van der Waals surface area contributed by atoms with Gasteiger partial charge in [0.15, 0.2) is 0 Å². The molecule has 0 saturated carbocycles. The lowest BCUT2D eigenvalue weighted by Gasteiger charge is -2.10. The van der Waals surface area contributed by atoms with Gasteiger partial charge in [0, 0.05) is 22.5 Å². The molecule has 2 aromatic heterocycles. The van der Waals surface area contributed by atoms with E-state index in [4.69, 9.17) is 32.4 Å². The van der Waals surface area contributed by atoms with Gasteiger partial charge in [-0.15, -0.1) is 0 Å². The highest BCUT2D eigenvalue weighted by Crippen LogP contribution is 2.25. The minimum Gasteiger partial charge on any atom is -0.497 e. The van der Waals surface area contributed by atoms with Gasteiger partial charge in [0.05, 0.1) is 35.9 Å². The Kier molecular flexibility index (Phi) is 4.37. The molecule has 0 aliphatic heterocycles. The molecule has 0 fully saturated rings. The zero-order chi connectivity index (χ0) is 19.1. The van der Waals surface area contributed by atoms with E-state index < -0.39 is 5.63 Å². The van der Waals surface area contributed by atoms with E-state index in [1.54, 1.807) is 18.2 Å². The van der Waals surface area contributed by atoms with Crippen LogP contribution >= 0.6 is 23.2 Å². The van der Waals surface area contributed by atoms with E-state index in [1.807, 2.05) is 0 Å². The number of ether oxygens (including phenoxy) is 1. The summed E-state index contributed by atoms with van der Waals surface area (Å²) in [5, 5.41) is 1.66. The molecule has 2 aromatic carbocycles. The molecule has 0 aliphatic rings. The van der Waals surface area contributed by atoms with E-state index in [-0.39, 0.29) is 12.1 Å². The molecule has 0 spiro atoms. The van der Waals surface area contributed by atoms with Gasteiger partial charge in [-0.05, 0) is 29.8 Å². The second kappa shape index (κ2) is 6.72. The zero-order valence-corrected chi connectivity index (χ0v) is 15.5. The van der Waals surface area contributed by atoms with Gasteiger partial charge < -0.3 is 9.15 Å². The molecule has 4 rings (SSSR count). The van der Waals surface area contributed by atoms with Crippen LogP contribution in [-0.4, -0.2) is 16.7 Å². The van der Waals surface area contributed by atoms with Crippen LogP contribution < -0.4 is 15.9 Å². The summed E-state index contributed by atoms with van der Waals surface area (Å²) in [6.45, 7) is 0.139. The standard InChI is InChI=1S/C19H12Cl2N2O4/c1-26-12-2-3-13-10(4-17(24)27-16(13)7-12)8-23-9-22-18-14(19(23)25)5-11(20)6-15(18)21/h2-7,9H,8H2,1H3. The summed E-state index contributed by atoms with van der Waals surface area (Å²) >= 11 is 12.1. The number of aromatic nitrogens is 2. The van der Waals surface area contributed by atoms with Crippen LogP contribution in [0.1, 0.15) is 5.56 Å². The lowest BCUT2D eigenvalue weighted by atomic mass is 10.1. The van der Waals surface area contributed by atoms with Crippen molar-refractivity contribution in [3.05, 3.63) is 79.1 Å². The van der Waals surface area contributed by atoms with Crippen LogP contribution in [0.5, 0.6) is 5.75 Å². The maximum absolute atomic E-state index is 12.8. The lowest BCUT2D eigenvalue weighted by molar-refractivity contribution is 0.414. The van der Waals surface area contributed by atoms with Gasteiger partial charge in [0.25, 0.3) is 5.56 Å². The van der Waals surface area contributed by atoms with E-state index in [0.29, 0.717) is 43.2 Å². The normalized spacial score (nSPS) is 11.2. The fourth-order valence-corrected chi connectivity index (χ4v) is 3.50. The van der Waals surface area contributed by atoms with Gasteiger partial charge in [-0.25, -0.2) is 9.78 Å². The number of halogens is 2. The highest BCUT2D eigenvalue weighted by atomic mass is 35.5. The van der Waals surface area contributed by atoms with Crippen molar-refractivity contribution in [2.75, 3.05) is 7.11 Å². The molecule has 27 heavy (non-hydrogen) atoms. The molecule has 4 aromatic rings. The minimum atomic E-state index is -0.515. The molecule has 136 valence electrons. The summed E-state index contributed by atoms with van der Waals surface area (Å²) in [5.74, 6) is 0.566. The molecule has 0 atom stereocenters. The van der Waals surface area contributed by atoms with Crippen molar-refractivity contribution < 1.29 is 9.15 Å². The van der Waals surface area contributed by atoms with E-state index >= 15 is 0 Å². The minimum absolute atomic E-state index is 0.139. The smallest absolute Gasteiger partial charge is 0.336 e.